The van der Waals surface area contributed by atoms with Crippen LogP contribution in [0.15, 0.2) is 6.07 Å². The maximum absolute atomic E-state index is 9.52. The van der Waals surface area contributed by atoms with E-state index < -0.39 is 0 Å². The maximum atomic E-state index is 9.52. The number of rotatable bonds is 1. The zero-order valence-corrected chi connectivity index (χ0v) is 9.56. The Hall–Kier alpha value is -1.60. The Morgan fingerprint density at radius 3 is 2.88 bits per heavy atom. The van der Waals surface area contributed by atoms with Crippen molar-refractivity contribution in [3.63, 3.8) is 0 Å². The molecule has 1 aliphatic heterocycles. The van der Waals surface area contributed by atoms with Crippen molar-refractivity contribution in [2.45, 2.75) is 26.4 Å². The van der Waals surface area contributed by atoms with Gasteiger partial charge in [0.25, 0.3) is 0 Å². The lowest BCUT2D eigenvalue weighted by atomic mass is 10.1. The van der Waals surface area contributed by atoms with E-state index in [9.17, 15) is 5.11 Å². The number of anilines is 1. The highest BCUT2D eigenvalue weighted by molar-refractivity contribution is 5.62. The fraction of sp³-hybridized carbons (Fsp3) is 0.500. The molecule has 0 bridgehead atoms. The Balaban J connectivity index is 2.43. The van der Waals surface area contributed by atoms with Gasteiger partial charge in [-0.05, 0) is 26.3 Å². The van der Waals surface area contributed by atoms with Crippen LogP contribution < -0.4 is 4.90 Å². The van der Waals surface area contributed by atoms with Crippen molar-refractivity contribution in [3.8, 4) is 6.07 Å². The molecule has 1 saturated heterocycles. The van der Waals surface area contributed by atoms with E-state index >= 15 is 0 Å². The number of hydrogen-bond acceptors (Lipinski definition) is 4. The van der Waals surface area contributed by atoms with Gasteiger partial charge in [0.1, 0.15) is 6.07 Å². The summed E-state index contributed by atoms with van der Waals surface area (Å²) in [6.07, 6.45) is 0.492. The predicted octanol–water partition coefficient (Wildman–Crippen LogP) is 1.14. The van der Waals surface area contributed by atoms with Crippen LogP contribution in [0.25, 0.3) is 0 Å². The largest absolute Gasteiger partial charge is 0.391 e. The summed E-state index contributed by atoms with van der Waals surface area (Å²) >= 11 is 0. The minimum absolute atomic E-state index is 0.277. The van der Waals surface area contributed by atoms with Gasteiger partial charge in [-0.3, -0.25) is 4.98 Å². The highest BCUT2D eigenvalue weighted by atomic mass is 16.3. The van der Waals surface area contributed by atoms with Crippen LogP contribution >= 0.6 is 0 Å². The molecule has 1 fully saturated rings. The molecule has 0 spiro atoms. The lowest BCUT2D eigenvalue weighted by molar-refractivity contribution is 0.198. The van der Waals surface area contributed by atoms with Gasteiger partial charge >= 0.3 is 0 Å². The van der Waals surface area contributed by atoms with E-state index in [4.69, 9.17) is 5.26 Å². The van der Waals surface area contributed by atoms with E-state index in [-0.39, 0.29) is 6.10 Å². The summed E-state index contributed by atoms with van der Waals surface area (Å²) in [7, 11) is 0. The molecule has 16 heavy (non-hydrogen) atoms. The van der Waals surface area contributed by atoms with Crippen LogP contribution in [-0.4, -0.2) is 29.3 Å². The van der Waals surface area contributed by atoms with E-state index in [0.29, 0.717) is 12.1 Å². The van der Waals surface area contributed by atoms with Gasteiger partial charge in [0.15, 0.2) is 0 Å². The van der Waals surface area contributed by atoms with Gasteiger partial charge in [0.2, 0.25) is 0 Å². The summed E-state index contributed by atoms with van der Waals surface area (Å²) in [6.45, 7) is 5.18. The molecule has 1 aliphatic rings. The number of nitriles is 1. The Morgan fingerprint density at radius 1 is 1.56 bits per heavy atom. The van der Waals surface area contributed by atoms with E-state index in [0.717, 1.165) is 30.0 Å². The second-order valence-electron chi connectivity index (χ2n) is 4.24. The van der Waals surface area contributed by atoms with Crippen molar-refractivity contribution in [3.05, 3.63) is 23.0 Å². The molecule has 1 aromatic heterocycles. The molecule has 2 heterocycles. The third kappa shape index (κ3) is 1.86. The Morgan fingerprint density at radius 2 is 2.31 bits per heavy atom. The van der Waals surface area contributed by atoms with Gasteiger partial charge < -0.3 is 10.0 Å². The smallest absolute Gasteiger partial charge is 0.103 e. The second-order valence-corrected chi connectivity index (χ2v) is 4.24. The van der Waals surface area contributed by atoms with Crippen molar-refractivity contribution < 1.29 is 5.11 Å². The Labute approximate surface area is 95.1 Å². The predicted molar refractivity (Wildman–Crippen MR) is 61.3 cm³/mol. The van der Waals surface area contributed by atoms with Gasteiger partial charge in [0.05, 0.1) is 23.0 Å². The molecule has 0 amide bonds. The van der Waals surface area contributed by atoms with Crippen LogP contribution in [0, 0.1) is 25.2 Å². The fourth-order valence-corrected chi connectivity index (χ4v) is 2.16. The first-order valence-electron chi connectivity index (χ1n) is 5.43. The molecule has 2 rings (SSSR count). The first kappa shape index (κ1) is 10.9. The minimum atomic E-state index is -0.277. The third-order valence-electron chi connectivity index (χ3n) is 2.92. The zero-order chi connectivity index (χ0) is 11.7. The first-order valence-corrected chi connectivity index (χ1v) is 5.43. The van der Waals surface area contributed by atoms with E-state index in [1.807, 2.05) is 19.9 Å². The number of nitrogens with zero attached hydrogens (tertiary/aromatic N) is 3. The number of aliphatic hydroxyl groups is 1. The number of aromatic nitrogens is 1. The van der Waals surface area contributed by atoms with Crippen molar-refractivity contribution in [2.24, 2.45) is 0 Å². The molecular weight excluding hydrogens is 202 g/mol. The van der Waals surface area contributed by atoms with Crippen LogP contribution in [0.3, 0.4) is 0 Å². The van der Waals surface area contributed by atoms with Crippen molar-refractivity contribution >= 4 is 5.69 Å². The quantitative estimate of drug-likeness (QED) is 0.766. The average molecular weight is 217 g/mol. The number of aryl methyl sites for hydroxylation is 2. The van der Waals surface area contributed by atoms with Gasteiger partial charge in [-0.25, -0.2) is 0 Å². The SMILES string of the molecule is Cc1cc(N2CC[C@@H](O)C2)c(C#N)c(C)n1. The second kappa shape index (κ2) is 4.11. The van der Waals surface area contributed by atoms with Gasteiger partial charge in [-0.1, -0.05) is 0 Å². The van der Waals surface area contributed by atoms with Gasteiger partial charge in [0, 0.05) is 18.8 Å². The van der Waals surface area contributed by atoms with Crippen LogP contribution in [0.1, 0.15) is 23.4 Å². The van der Waals surface area contributed by atoms with Gasteiger partial charge in [-0.2, -0.15) is 5.26 Å². The lowest BCUT2D eigenvalue weighted by Crippen LogP contribution is -2.22. The van der Waals surface area contributed by atoms with Crippen molar-refractivity contribution in [1.29, 1.82) is 5.26 Å². The number of β-amino-alcohol motifs (C(OH)–C–C–N with tert-alkyl or cyclic N) is 1. The molecule has 0 saturated carbocycles. The van der Waals surface area contributed by atoms with E-state index in [2.05, 4.69) is 16.0 Å². The summed E-state index contributed by atoms with van der Waals surface area (Å²) in [5, 5.41) is 18.7. The lowest BCUT2D eigenvalue weighted by Gasteiger charge is -2.20. The normalized spacial score (nSPS) is 19.9. The average Bonchev–Trinajstić information content (AvgIpc) is 2.63. The molecule has 1 N–H and O–H groups in total. The molecule has 0 unspecified atom stereocenters. The molecule has 1 atom stereocenters. The van der Waals surface area contributed by atoms with Crippen LogP contribution in [0.4, 0.5) is 5.69 Å². The molecule has 0 radical (unpaired) electrons. The minimum Gasteiger partial charge on any atom is -0.391 e. The topological polar surface area (TPSA) is 60.1 Å². The van der Waals surface area contributed by atoms with Crippen molar-refractivity contribution in [1.82, 2.24) is 4.98 Å². The molecule has 0 aromatic carbocycles. The molecule has 84 valence electrons. The number of pyridine rings is 1. The fourth-order valence-electron chi connectivity index (χ4n) is 2.16. The third-order valence-corrected chi connectivity index (χ3v) is 2.92. The number of hydrogen-bond donors (Lipinski definition) is 1. The van der Waals surface area contributed by atoms with E-state index in [1.54, 1.807) is 0 Å². The summed E-state index contributed by atoms with van der Waals surface area (Å²) in [5.74, 6) is 0. The Bertz CT molecular complexity index is 450. The molecular formula is C12H15N3O. The molecule has 4 nitrogen and oxygen atoms in total. The van der Waals surface area contributed by atoms with Crippen molar-refractivity contribution in [2.75, 3.05) is 18.0 Å². The summed E-state index contributed by atoms with van der Waals surface area (Å²) in [6, 6.07) is 4.12. The summed E-state index contributed by atoms with van der Waals surface area (Å²) in [5.41, 5.74) is 3.20. The van der Waals surface area contributed by atoms with Crippen LogP contribution in [0.2, 0.25) is 0 Å². The monoisotopic (exact) mass is 217 g/mol. The van der Waals surface area contributed by atoms with E-state index in [1.165, 1.54) is 0 Å². The zero-order valence-electron chi connectivity index (χ0n) is 9.56. The molecule has 4 heteroatoms. The molecule has 1 aromatic rings. The van der Waals surface area contributed by atoms with Crippen LogP contribution in [-0.2, 0) is 0 Å². The van der Waals surface area contributed by atoms with Gasteiger partial charge in [-0.15, -0.1) is 0 Å². The summed E-state index contributed by atoms with van der Waals surface area (Å²) in [4.78, 5) is 6.34. The highest BCUT2D eigenvalue weighted by Crippen LogP contribution is 2.26. The highest BCUT2D eigenvalue weighted by Gasteiger charge is 2.23. The van der Waals surface area contributed by atoms with Crippen LogP contribution in [0.5, 0.6) is 0 Å². The first-order chi connectivity index (χ1) is 7.61. The summed E-state index contributed by atoms with van der Waals surface area (Å²) < 4.78 is 0. The standard InChI is InChI=1S/C12H15N3O/c1-8-5-12(11(6-13)9(2)14-8)15-4-3-10(16)7-15/h5,10,16H,3-4,7H2,1-2H3/t10-/m1/s1. The molecule has 0 aliphatic carbocycles. The number of aliphatic hydroxyl groups excluding tert-OH is 1. The Kier molecular flexibility index (Phi) is 2.80. The maximum Gasteiger partial charge on any atom is 0.103 e.